The maximum Gasteiger partial charge on any atom is 0.415 e. The van der Waals surface area contributed by atoms with Crippen molar-refractivity contribution in [2.24, 2.45) is 0 Å². The van der Waals surface area contributed by atoms with Gasteiger partial charge in [-0.15, -0.1) is 0 Å². The van der Waals surface area contributed by atoms with Gasteiger partial charge in [0.05, 0.1) is 0 Å². The van der Waals surface area contributed by atoms with Gasteiger partial charge < -0.3 is 10.2 Å². The zero-order valence-electron chi connectivity index (χ0n) is 11.8. The van der Waals surface area contributed by atoms with Crippen LogP contribution in [0.1, 0.15) is 0 Å². The predicted octanol–water partition coefficient (Wildman–Crippen LogP) is 3.56. The molecule has 2 N–H and O–H groups in total. The molecule has 0 amide bonds. The monoisotopic (exact) mass is 311 g/mol. The zero-order valence-corrected chi connectivity index (χ0v) is 12.7. The molecule has 0 radical (unpaired) electrons. The van der Waals surface area contributed by atoms with Crippen LogP contribution < -0.4 is 10.6 Å². The Morgan fingerprint density at radius 3 is 1.18 bits per heavy atom. The molecule has 0 aromatic heterocycles. The van der Waals surface area contributed by atoms with Gasteiger partial charge in [0.15, 0.2) is 10.6 Å². The van der Waals surface area contributed by atoms with E-state index in [0.717, 1.165) is 10.6 Å². The van der Waals surface area contributed by atoms with E-state index in [-0.39, 0.29) is 11.5 Å². The summed E-state index contributed by atoms with van der Waals surface area (Å²) in [5.41, 5.74) is 0. The highest BCUT2D eigenvalue weighted by Gasteiger charge is 2.21. The molecule has 110 valence electrons. The Morgan fingerprint density at radius 2 is 0.864 bits per heavy atom. The first-order chi connectivity index (χ1) is 10.7. The molecule has 0 spiro atoms. The van der Waals surface area contributed by atoms with E-state index in [2.05, 4.69) is 0 Å². The molecule has 0 aliphatic rings. The minimum atomic E-state index is -1.42. The van der Waals surface area contributed by atoms with E-state index in [1.807, 2.05) is 60.7 Å². The number of hydrogen-bond acceptors (Lipinski definition) is 3. The molecule has 0 fully saturated rings. The van der Waals surface area contributed by atoms with Crippen LogP contribution in [0.15, 0.2) is 84.9 Å². The Bertz CT molecular complexity index is 648. The summed E-state index contributed by atoms with van der Waals surface area (Å²) in [5.74, 6) is 0.339. The van der Waals surface area contributed by atoms with Gasteiger partial charge in [0.2, 0.25) is 0 Å². The Labute approximate surface area is 130 Å². The van der Waals surface area contributed by atoms with E-state index in [9.17, 15) is 4.57 Å². The van der Waals surface area contributed by atoms with E-state index in [1.54, 1.807) is 0 Å². The number of phenolic OH excluding ortho intramolecular Hbond substituents is 2. The molecule has 3 rings (SSSR count). The fraction of sp³-hybridized carbons (Fsp3) is 0. The second kappa shape index (κ2) is 7.96. The Kier molecular flexibility index (Phi) is 5.70. The summed E-state index contributed by atoms with van der Waals surface area (Å²) >= 11 is 0. The molecule has 4 heteroatoms. The molecule has 0 unspecified atom stereocenters. The molecule has 0 heterocycles. The van der Waals surface area contributed by atoms with Crippen molar-refractivity contribution in [1.82, 2.24) is 0 Å². The normalized spacial score (nSPS) is 9.45. The van der Waals surface area contributed by atoms with Crippen molar-refractivity contribution in [1.29, 1.82) is 0 Å². The van der Waals surface area contributed by atoms with Gasteiger partial charge in [0.1, 0.15) is 11.5 Å². The third kappa shape index (κ3) is 4.72. The van der Waals surface area contributed by atoms with Crippen LogP contribution in [0.25, 0.3) is 0 Å². The highest BCUT2D eigenvalue weighted by molar-refractivity contribution is 7.61. The average molecular weight is 311 g/mol. The van der Waals surface area contributed by atoms with Crippen LogP contribution in [0.3, 0.4) is 0 Å². The minimum Gasteiger partial charge on any atom is -0.508 e. The molecule has 0 aliphatic carbocycles. The second-order valence-electron chi connectivity index (χ2n) is 4.48. The smallest absolute Gasteiger partial charge is 0.415 e. The van der Waals surface area contributed by atoms with Gasteiger partial charge in [-0.2, -0.15) is 0 Å². The van der Waals surface area contributed by atoms with Crippen LogP contribution in [0.2, 0.25) is 0 Å². The van der Waals surface area contributed by atoms with Crippen LogP contribution >= 0.6 is 7.80 Å². The van der Waals surface area contributed by atoms with Crippen molar-refractivity contribution in [2.75, 3.05) is 0 Å². The molecule has 3 nitrogen and oxygen atoms in total. The quantitative estimate of drug-likeness (QED) is 0.562. The summed E-state index contributed by atoms with van der Waals surface area (Å²) in [6.07, 6.45) is 0. The number of hydrogen-bond donors (Lipinski definition) is 2. The van der Waals surface area contributed by atoms with Crippen molar-refractivity contribution in [3.05, 3.63) is 84.9 Å². The van der Waals surface area contributed by atoms with Gasteiger partial charge in [-0.1, -0.05) is 41.0 Å². The molecule has 0 saturated carbocycles. The summed E-state index contributed by atoms with van der Waals surface area (Å²) < 4.78 is 12.0. The Balaban J connectivity index is 0.000000188. The average Bonchev–Trinajstić information content (AvgIpc) is 2.59. The van der Waals surface area contributed by atoms with Crippen LogP contribution in [0.5, 0.6) is 11.5 Å². The molecule has 3 aromatic rings. The summed E-state index contributed by atoms with van der Waals surface area (Å²) in [7, 11) is -1.42. The molecule has 3 aromatic carbocycles. The Morgan fingerprint density at radius 1 is 0.545 bits per heavy atom. The SMILES string of the molecule is O=[P+](c1ccccc1)c1ccccc1.Oc1ccc(O)cc1. The molecule has 0 bridgehead atoms. The highest BCUT2D eigenvalue weighted by Crippen LogP contribution is 2.18. The molecule has 0 aliphatic heterocycles. The van der Waals surface area contributed by atoms with Crippen molar-refractivity contribution in [2.45, 2.75) is 0 Å². The van der Waals surface area contributed by atoms with Crippen LogP contribution in [-0.4, -0.2) is 10.2 Å². The van der Waals surface area contributed by atoms with Gasteiger partial charge in [-0.25, -0.2) is 0 Å². The zero-order chi connectivity index (χ0) is 15.8. The summed E-state index contributed by atoms with van der Waals surface area (Å²) in [4.78, 5) is 0. The molecular weight excluding hydrogens is 295 g/mol. The van der Waals surface area contributed by atoms with Crippen LogP contribution in [0.4, 0.5) is 0 Å². The molecular formula is C18H16O3P+. The molecule has 22 heavy (non-hydrogen) atoms. The van der Waals surface area contributed by atoms with E-state index in [4.69, 9.17) is 10.2 Å². The van der Waals surface area contributed by atoms with Crippen molar-refractivity contribution in [3.63, 3.8) is 0 Å². The van der Waals surface area contributed by atoms with Crippen molar-refractivity contribution < 1.29 is 14.8 Å². The number of benzene rings is 3. The van der Waals surface area contributed by atoms with E-state index >= 15 is 0 Å². The summed E-state index contributed by atoms with van der Waals surface area (Å²) in [6.45, 7) is 0. The van der Waals surface area contributed by atoms with E-state index in [0.29, 0.717) is 0 Å². The summed E-state index contributed by atoms with van der Waals surface area (Å²) in [5, 5.41) is 19.1. The van der Waals surface area contributed by atoms with E-state index < -0.39 is 7.80 Å². The van der Waals surface area contributed by atoms with Gasteiger partial charge in [0, 0.05) is 0 Å². The maximum absolute atomic E-state index is 12.0. The minimum absolute atomic E-state index is 0.169. The van der Waals surface area contributed by atoms with Crippen molar-refractivity contribution in [3.8, 4) is 11.5 Å². The Hall–Kier alpha value is -2.64. The van der Waals surface area contributed by atoms with Gasteiger partial charge in [0.25, 0.3) is 0 Å². The third-order valence-electron chi connectivity index (χ3n) is 2.83. The first-order valence-electron chi connectivity index (χ1n) is 6.72. The lowest BCUT2D eigenvalue weighted by Crippen LogP contribution is -2.04. The van der Waals surface area contributed by atoms with Crippen molar-refractivity contribution >= 4 is 18.4 Å². The lowest BCUT2D eigenvalue weighted by molar-refractivity contribution is 0.460. The largest absolute Gasteiger partial charge is 0.508 e. The van der Waals surface area contributed by atoms with E-state index in [1.165, 1.54) is 24.3 Å². The topological polar surface area (TPSA) is 57.5 Å². The predicted molar refractivity (Wildman–Crippen MR) is 89.5 cm³/mol. The first-order valence-corrected chi connectivity index (χ1v) is 7.98. The maximum atomic E-state index is 12.0. The van der Waals surface area contributed by atoms with Gasteiger partial charge >= 0.3 is 7.80 Å². The molecule has 0 atom stereocenters. The third-order valence-corrected chi connectivity index (χ3v) is 4.37. The lowest BCUT2D eigenvalue weighted by Gasteiger charge is -1.88. The molecule has 0 saturated heterocycles. The van der Waals surface area contributed by atoms with Gasteiger partial charge in [-0.05, 0) is 48.5 Å². The fourth-order valence-electron chi connectivity index (χ4n) is 1.73. The standard InChI is InChI=1S/C12H10OP.C6H6O2/c13-14(11-7-3-1-4-8-11)12-9-5-2-6-10-12;7-5-1-2-6(8)4-3-5/h1-10H;1-4,7-8H/q+1;. The number of rotatable bonds is 2. The highest BCUT2D eigenvalue weighted by atomic mass is 31.1. The number of phenols is 2. The fourth-order valence-corrected chi connectivity index (χ4v) is 2.91. The lowest BCUT2D eigenvalue weighted by atomic mass is 10.3. The van der Waals surface area contributed by atoms with Gasteiger partial charge in [-0.3, -0.25) is 0 Å². The van der Waals surface area contributed by atoms with Crippen LogP contribution in [-0.2, 0) is 4.57 Å². The first kappa shape index (κ1) is 15.7. The van der Waals surface area contributed by atoms with Crippen LogP contribution in [0, 0.1) is 0 Å². The summed E-state index contributed by atoms with van der Waals surface area (Å²) in [6, 6.07) is 24.8. The second-order valence-corrected chi connectivity index (χ2v) is 6.10. The number of aromatic hydroxyl groups is 2.